The molecule has 0 aliphatic carbocycles. The first kappa shape index (κ1) is 19.4. The zero-order valence-corrected chi connectivity index (χ0v) is 16.4. The van der Waals surface area contributed by atoms with Crippen LogP contribution in [0, 0.1) is 0 Å². The van der Waals surface area contributed by atoms with Crippen LogP contribution in [0.15, 0.2) is 18.2 Å². The largest absolute Gasteiger partial charge is 0.334 e. The minimum atomic E-state index is -0.612. The third-order valence-corrected chi connectivity index (χ3v) is 5.93. The van der Waals surface area contributed by atoms with Crippen molar-refractivity contribution < 1.29 is 19.2 Å². The summed E-state index contributed by atoms with van der Waals surface area (Å²) in [4.78, 5) is 52.2. The van der Waals surface area contributed by atoms with Gasteiger partial charge in [0.15, 0.2) is 0 Å². The van der Waals surface area contributed by atoms with Crippen molar-refractivity contribution >= 4 is 23.8 Å². The van der Waals surface area contributed by atoms with E-state index in [1.807, 2.05) is 17.0 Å². The van der Waals surface area contributed by atoms with E-state index < -0.39 is 11.9 Å². The van der Waals surface area contributed by atoms with Crippen molar-refractivity contribution in [3.63, 3.8) is 0 Å². The Morgan fingerprint density at radius 1 is 1.10 bits per heavy atom. The number of nitrogens with zero attached hydrogens (tertiary/aromatic N) is 2. The van der Waals surface area contributed by atoms with Crippen molar-refractivity contribution in [3.05, 3.63) is 34.9 Å². The first-order valence-corrected chi connectivity index (χ1v) is 10.3. The molecule has 5 amide bonds. The molecule has 3 aliphatic heterocycles. The van der Waals surface area contributed by atoms with Gasteiger partial charge in [-0.1, -0.05) is 25.0 Å². The Kier molecular flexibility index (Phi) is 5.51. The summed E-state index contributed by atoms with van der Waals surface area (Å²) < 4.78 is 0. The van der Waals surface area contributed by atoms with Gasteiger partial charge in [-0.25, -0.2) is 4.79 Å². The summed E-state index contributed by atoms with van der Waals surface area (Å²) in [6.07, 6.45) is 5.00. The van der Waals surface area contributed by atoms with E-state index in [2.05, 4.69) is 10.6 Å². The number of hydrogen-bond acceptors (Lipinski definition) is 4. The van der Waals surface area contributed by atoms with Gasteiger partial charge in [0.2, 0.25) is 11.8 Å². The smallest absolute Gasteiger partial charge is 0.317 e. The second-order valence-corrected chi connectivity index (χ2v) is 7.95. The maximum absolute atomic E-state index is 12.9. The molecular formula is C21H26N4O4. The van der Waals surface area contributed by atoms with Crippen molar-refractivity contribution in [3.8, 4) is 0 Å². The number of urea groups is 1. The highest BCUT2D eigenvalue weighted by atomic mass is 16.2. The zero-order valence-electron chi connectivity index (χ0n) is 16.4. The molecule has 154 valence electrons. The molecule has 1 aromatic carbocycles. The van der Waals surface area contributed by atoms with E-state index in [0.717, 1.165) is 37.1 Å². The number of likely N-dealkylation sites (tertiary alicyclic amines) is 1. The number of imide groups is 1. The normalized spacial score (nSPS) is 22.2. The minimum absolute atomic E-state index is 0.0658. The van der Waals surface area contributed by atoms with Crippen LogP contribution < -0.4 is 10.6 Å². The van der Waals surface area contributed by atoms with Gasteiger partial charge in [0, 0.05) is 38.2 Å². The molecule has 0 spiro atoms. The van der Waals surface area contributed by atoms with Crippen LogP contribution in [0.4, 0.5) is 4.79 Å². The number of fused-ring (bicyclic) bond motifs is 1. The van der Waals surface area contributed by atoms with Crippen LogP contribution in [0.5, 0.6) is 0 Å². The molecule has 3 heterocycles. The van der Waals surface area contributed by atoms with Gasteiger partial charge in [-0.15, -0.1) is 0 Å². The molecule has 2 fully saturated rings. The van der Waals surface area contributed by atoms with Gasteiger partial charge >= 0.3 is 6.03 Å². The zero-order chi connectivity index (χ0) is 20.4. The molecule has 1 atom stereocenters. The number of piperidine rings is 1. The van der Waals surface area contributed by atoms with Crippen LogP contribution in [0.25, 0.3) is 0 Å². The monoisotopic (exact) mass is 398 g/mol. The van der Waals surface area contributed by atoms with Crippen LogP contribution in [-0.2, 0) is 22.7 Å². The lowest BCUT2D eigenvalue weighted by Crippen LogP contribution is -2.52. The average Bonchev–Trinajstić information content (AvgIpc) is 2.88. The first-order valence-electron chi connectivity index (χ1n) is 10.3. The third kappa shape index (κ3) is 4.11. The second kappa shape index (κ2) is 8.23. The van der Waals surface area contributed by atoms with Crippen LogP contribution in [0.2, 0.25) is 0 Å². The molecular weight excluding hydrogens is 372 g/mol. The standard InChI is InChI=1S/C21H26N4O4/c26-18-8-7-17(19(27)23-18)25-13-15-6-5-14(11-16(15)20(25)28)12-22-21(29)24-9-3-1-2-4-10-24/h5-6,11,17H,1-4,7-10,12-13H2,(H,22,29)(H,23,26,27). The van der Waals surface area contributed by atoms with Crippen molar-refractivity contribution in [1.29, 1.82) is 0 Å². The molecule has 1 aromatic rings. The van der Waals surface area contributed by atoms with E-state index in [9.17, 15) is 19.2 Å². The highest BCUT2D eigenvalue weighted by molar-refractivity contribution is 6.05. The number of amides is 5. The Morgan fingerprint density at radius 3 is 2.59 bits per heavy atom. The van der Waals surface area contributed by atoms with Gasteiger partial charge in [0.05, 0.1) is 0 Å². The predicted octanol–water partition coefficient (Wildman–Crippen LogP) is 1.53. The van der Waals surface area contributed by atoms with Gasteiger partial charge in [0.25, 0.3) is 5.91 Å². The number of rotatable bonds is 3. The molecule has 0 radical (unpaired) electrons. The molecule has 3 aliphatic rings. The van der Waals surface area contributed by atoms with Crippen LogP contribution in [0.1, 0.15) is 60.0 Å². The molecule has 0 bridgehead atoms. The average molecular weight is 398 g/mol. The van der Waals surface area contributed by atoms with Crippen molar-refractivity contribution in [1.82, 2.24) is 20.4 Å². The summed E-state index contributed by atoms with van der Waals surface area (Å²) in [6, 6.07) is 4.91. The van der Waals surface area contributed by atoms with E-state index >= 15 is 0 Å². The molecule has 1 unspecified atom stereocenters. The van der Waals surface area contributed by atoms with Gasteiger partial charge < -0.3 is 15.1 Å². The first-order chi connectivity index (χ1) is 14.0. The number of carbonyl (C=O) groups excluding carboxylic acids is 4. The molecule has 8 nitrogen and oxygen atoms in total. The molecule has 2 saturated heterocycles. The van der Waals surface area contributed by atoms with Crippen LogP contribution in [-0.4, -0.2) is 52.7 Å². The SMILES string of the molecule is O=C1CCC(N2Cc3ccc(CNC(=O)N4CCCCCC4)cc3C2=O)C(=O)N1. The molecule has 0 aromatic heterocycles. The van der Waals surface area contributed by atoms with E-state index in [0.29, 0.717) is 25.1 Å². The fourth-order valence-electron chi connectivity index (χ4n) is 4.28. The van der Waals surface area contributed by atoms with Crippen molar-refractivity contribution in [2.24, 2.45) is 0 Å². The maximum Gasteiger partial charge on any atom is 0.317 e. The van der Waals surface area contributed by atoms with Crippen molar-refractivity contribution in [2.75, 3.05) is 13.1 Å². The summed E-state index contributed by atoms with van der Waals surface area (Å²) in [7, 11) is 0. The highest BCUT2D eigenvalue weighted by Crippen LogP contribution is 2.28. The Morgan fingerprint density at radius 2 is 1.86 bits per heavy atom. The van der Waals surface area contributed by atoms with Gasteiger partial charge in [-0.05, 0) is 36.5 Å². The second-order valence-electron chi connectivity index (χ2n) is 7.95. The van der Waals surface area contributed by atoms with Crippen LogP contribution in [0.3, 0.4) is 0 Å². The van der Waals surface area contributed by atoms with Gasteiger partial charge in [-0.3, -0.25) is 19.7 Å². The topological polar surface area (TPSA) is 98.8 Å². The summed E-state index contributed by atoms with van der Waals surface area (Å²) >= 11 is 0. The van der Waals surface area contributed by atoms with Crippen molar-refractivity contribution in [2.45, 2.75) is 57.7 Å². The Balaban J connectivity index is 1.39. The lowest BCUT2D eigenvalue weighted by atomic mass is 10.0. The number of nitrogens with one attached hydrogen (secondary N) is 2. The fraction of sp³-hybridized carbons (Fsp3) is 0.524. The molecule has 2 N–H and O–H groups in total. The number of hydrogen-bond donors (Lipinski definition) is 2. The lowest BCUT2D eigenvalue weighted by Gasteiger charge is -2.29. The summed E-state index contributed by atoms with van der Waals surface area (Å²) in [5.74, 6) is -0.902. The Hall–Kier alpha value is -2.90. The molecule has 29 heavy (non-hydrogen) atoms. The van der Waals surface area contributed by atoms with E-state index in [1.165, 1.54) is 17.7 Å². The minimum Gasteiger partial charge on any atom is -0.334 e. The number of carbonyl (C=O) groups is 4. The van der Waals surface area contributed by atoms with E-state index in [-0.39, 0.29) is 24.3 Å². The Bertz CT molecular complexity index is 845. The third-order valence-electron chi connectivity index (χ3n) is 5.93. The van der Waals surface area contributed by atoms with Gasteiger partial charge in [0.1, 0.15) is 6.04 Å². The quantitative estimate of drug-likeness (QED) is 0.755. The van der Waals surface area contributed by atoms with Gasteiger partial charge in [-0.2, -0.15) is 0 Å². The molecule has 4 rings (SSSR count). The molecule has 8 heteroatoms. The highest BCUT2D eigenvalue weighted by Gasteiger charge is 2.39. The number of benzene rings is 1. The summed E-state index contributed by atoms with van der Waals surface area (Å²) in [5, 5.41) is 5.26. The van der Waals surface area contributed by atoms with E-state index in [4.69, 9.17) is 0 Å². The summed E-state index contributed by atoms with van der Waals surface area (Å²) in [5.41, 5.74) is 2.28. The fourth-order valence-corrected chi connectivity index (χ4v) is 4.28. The maximum atomic E-state index is 12.9. The molecule has 0 saturated carbocycles. The van der Waals surface area contributed by atoms with Crippen LogP contribution >= 0.6 is 0 Å². The van der Waals surface area contributed by atoms with E-state index in [1.54, 1.807) is 6.07 Å². The Labute approximate surface area is 169 Å². The summed E-state index contributed by atoms with van der Waals surface area (Å²) in [6.45, 7) is 2.29. The predicted molar refractivity (Wildman–Crippen MR) is 105 cm³/mol. The lowest BCUT2D eigenvalue weighted by molar-refractivity contribution is -0.136.